The lowest BCUT2D eigenvalue weighted by atomic mass is 10.0. The average molecular weight is 288 g/mol. The van der Waals surface area contributed by atoms with Gasteiger partial charge in [-0.05, 0) is 36.6 Å². The molecule has 2 unspecified atom stereocenters. The Labute approximate surface area is 116 Å². The molecule has 1 aliphatic rings. The van der Waals surface area contributed by atoms with E-state index in [0.717, 1.165) is 18.5 Å². The third-order valence-electron chi connectivity index (χ3n) is 3.45. The standard InChI is InChI=1S/C13H15Cl2NO2/c1-8-4-5-16(12(8)13(17)18)7-9-2-3-10(14)6-11(9)15/h2-3,6,8,12H,4-5,7H2,1H3,(H,17,18). The molecule has 0 radical (unpaired) electrons. The van der Waals surface area contributed by atoms with Gasteiger partial charge in [0.05, 0.1) is 0 Å². The second-order valence-electron chi connectivity index (χ2n) is 4.76. The van der Waals surface area contributed by atoms with E-state index in [1.54, 1.807) is 12.1 Å². The molecule has 0 saturated carbocycles. The van der Waals surface area contributed by atoms with E-state index in [1.807, 2.05) is 17.9 Å². The Morgan fingerprint density at radius 3 is 2.83 bits per heavy atom. The van der Waals surface area contributed by atoms with Crippen LogP contribution in [-0.2, 0) is 11.3 Å². The van der Waals surface area contributed by atoms with Crippen LogP contribution in [0, 0.1) is 5.92 Å². The monoisotopic (exact) mass is 287 g/mol. The van der Waals surface area contributed by atoms with Crippen molar-refractivity contribution in [2.45, 2.75) is 25.9 Å². The highest BCUT2D eigenvalue weighted by molar-refractivity contribution is 6.35. The number of carbonyl (C=O) groups is 1. The van der Waals surface area contributed by atoms with E-state index in [4.69, 9.17) is 23.2 Å². The maximum atomic E-state index is 11.3. The van der Waals surface area contributed by atoms with E-state index in [-0.39, 0.29) is 5.92 Å². The summed E-state index contributed by atoms with van der Waals surface area (Å²) in [5.41, 5.74) is 0.918. The molecule has 0 amide bonds. The van der Waals surface area contributed by atoms with Gasteiger partial charge < -0.3 is 5.11 Å². The predicted octanol–water partition coefficient (Wildman–Crippen LogP) is 3.29. The average Bonchev–Trinajstić information content (AvgIpc) is 2.64. The zero-order valence-electron chi connectivity index (χ0n) is 10.1. The van der Waals surface area contributed by atoms with Gasteiger partial charge in [-0.15, -0.1) is 0 Å². The maximum absolute atomic E-state index is 11.3. The fourth-order valence-corrected chi connectivity index (χ4v) is 2.94. The van der Waals surface area contributed by atoms with Crippen molar-refractivity contribution in [1.82, 2.24) is 4.90 Å². The van der Waals surface area contributed by atoms with Crippen molar-refractivity contribution in [3.05, 3.63) is 33.8 Å². The second-order valence-corrected chi connectivity index (χ2v) is 5.60. The number of likely N-dealkylation sites (tertiary alicyclic amines) is 1. The molecule has 5 heteroatoms. The summed E-state index contributed by atoms with van der Waals surface area (Å²) in [6.45, 7) is 3.32. The second kappa shape index (κ2) is 5.47. The van der Waals surface area contributed by atoms with Gasteiger partial charge in [0, 0.05) is 16.6 Å². The van der Waals surface area contributed by atoms with Gasteiger partial charge in [0.15, 0.2) is 0 Å². The Morgan fingerprint density at radius 1 is 1.50 bits per heavy atom. The van der Waals surface area contributed by atoms with Crippen LogP contribution in [0.25, 0.3) is 0 Å². The lowest BCUT2D eigenvalue weighted by Crippen LogP contribution is -2.38. The van der Waals surface area contributed by atoms with Crippen LogP contribution in [0.4, 0.5) is 0 Å². The molecule has 98 valence electrons. The molecule has 0 aromatic heterocycles. The molecule has 1 N–H and O–H groups in total. The van der Waals surface area contributed by atoms with Crippen LogP contribution in [0.5, 0.6) is 0 Å². The fraction of sp³-hybridized carbons (Fsp3) is 0.462. The summed E-state index contributed by atoms with van der Waals surface area (Å²) < 4.78 is 0. The fourth-order valence-electron chi connectivity index (χ4n) is 2.47. The highest BCUT2D eigenvalue weighted by atomic mass is 35.5. The number of nitrogens with zero attached hydrogens (tertiary/aromatic N) is 1. The molecule has 1 saturated heterocycles. The van der Waals surface area contributed by atoms with Crippen LogP contribution >= 0.6 is 23.2 Å². The summed E-state index contributed by atoms with van der Waals surface area (Å²) in [5, 5.41) is 10.4. The third-order valence-corrected chi connectivity index (χ3v) is 4.03. The molecule has 1 aliphatic heterocycles. The van der Waals surface area contributed by atoms with Crippen LogP contribution < -0.4 is 0 Å². The molecule has 0 aliphatic carbocycles. The van der Waals surface area contributed by atoms with Crippen molar-refractivity contribution < 1.29 is 9.90 Å². The van der Waals surface area contributed by atoms with E-state index in [1.165, 1.54) is 0 Å². The van der Waals surface area contributed by atoms with Crippen LogP contribution in [0.1, 0.15) is 18.9 Å². The van der Waals surface area contributed by atoms with Crippen LogP contribution in [-0.4, -0.2) is 28.6 Å². The van der Waals surface area contributed by atoms with E-state index in [9.17, 15) is 9.90 Å². The van der Waals surface area contributed by atoms with Crippen LogP contribution in [0.3, 0.4) is 0 Å². The number of hydrogen-bond donors (Lipinski definition) is 1. The smallest absolute Gasteiger partial charge is 0.321 e. The van der Waals surface area contributed by atoms with Gasteiger partial charge >= 0.3 is 5.97 Å². The lowest BCUT2D eigenvalue weighted by Gasteiger charge is -2.23. The molecule has 0 bridgehead atoms. The van der Waals surface area contributed by atoms with Crippen molar-refractivity contribution in [1.29, 1.82) is 0 Å². The summed E-state index contributed by atoms with van der Waals surface area (Å²) in [6, 6.07) is 4.90. The molecule has 1 aromatic rings. The summed E-state index contributed by atoms with van der Waals surface area (Å²) >= 11 is 12.0. The zero-order valence-corrected chi connectivity index (χ0v) is 11.6. The Kier molecular flexibility index (Phi) is 4.15. The molecule has 1 fully saturated rings. The van der Waals surface area contributed by atoms with Crippen molar-refractivity contribution in [3.8, 4) is 0 Å². The molecule has 0 spiro atoms. The first-order chi connectivity index (χ1) is 8.49. The number of hydrogen-bond acceptors (Lipinski definition) is 2. The van der Waals surface area contributed by atoms with E-state index < -0.39 is 12.0 Å². The predicted molar refractivity (Wildman–Crippen MR) is 72.1 cm³/mol. The van der Waals surface area contributed by atoms with Gasteiger partial charge in [0.2, 0.25) is 0 Å². The summed E-state index contributed by atoms with van der Waals surface area (Å²) in [4.78, 5) is 13.2. The summed E-state index contributed by atoms with van der Waals surface area (Å²) in [7, 11) is 0. The van der Waals surface area contributed by atoms with Gasteiger partial charge in [-0.2, -0.15) is 0 Å². The molecule has 18 heavy (non-hydrogen) atoms. The maximum Gasteiger partial charge on any atom is 0.321 e. The van der Waals surface area contributed by atoms with Crippen LogP contribution in [0.15, 0.2) is 18.2 Å². The normalized spacial score (nSPS) is 24.4. The van der Waals surface area contributed by atoms with E-state index in [2.05, 4.69) is 0 Å². The molecule has 2 rings (SSSR count). The van der Waals surface area contributed by atoms with Crippen molar-refractivity contribution in [3.63, 3.8) is 0 Å². The highest BCUT2D eigenvalue weighted by Crippen LogP contribution is 2.28. The largest absolute Gasteiger partial charge is 0.480 e. The Hall–Kier alpha value is -0.770. The highest BCUT2D eigenvalue weighted by Gasteiger charge is 2.36. The summed E-state index contributed by atoms with van der Waals surface area (Å²) in [6.07, 6.45) is 0.905. The van der Waals surface area contributed by atoms with Crippen molar-refractivity contribution in [2.75, 3.05) is 6.54 Å². The SMILES string of the molecule is CC1CCN(Cc2ccc(Cl)cc2Cl)C1C(=O)O. The van der Waals surface area contributed by atoms with E-state index in [0.29, 0.717) is 16.6 Å². The third kappa shape index (κ3) is 2.79. The molecular formula is C13H15Cl2NO2. The molecule has 2 atom stereocenters. The van der Waals surface area contributed by atoms with Gasteiger partial charge in [0.25, 0.3) is 0 Å². The summed E-state index contributed by atoms with van der Waals surface area (Å²) in [5.74, 6) is -0.585. The van der Waals surface area contributed by atoms with Gasteiger partial charge in [0.1, 0.15) is 6.04 Å². The van der Waals surface area contributed by atoms with Gasteiger partial charge in [-0.25, -0.2) is 0 Å². The zero-order chi connectivity index (χ0) is 13.3. The Bertz CT molecular complexity index is 464. The first-order valence-corrected chi connectivity index (χ1v) is 6.65. The molecule has 3 nitrogen and oxygen atoms in total. The van der Waals surface area contributed by atoms with Crippen LogP contribution in [0.2, 0.25) is 10.0 Å². The number of carboxylic acids is 1. The van der Waals surface area contributed by atoms with Crippen molar-refractivity contribution >= 4 is 29.2 Å². The number of carboxylic acid groups (broad SMARTS) is 1. The topological polar surface area (TPSA) is 40.5 Å². The molecular weight excluding hydrogens is 273 g/mol. The Balaban J connectivity index is 2.16. The lowest BCUT2D eigenvalue weighted by molar-refractivity contribution is -0.143. The van der Waals surface area contributed by atoms with Crippen molar-refractivity contribution in [2.24, 2.45) is 5.92 Å². The quantitative estimate of drug-likeness (QED) is 0.927. The molecule has 1 aromatic carbocycles. The minimum absolute atomic E-state index is 0.175. The Morgan fingerprint density at radius 2 is 2.22 bits per heavy atom. The minimum Gasteiger partial charge on any atom is -0.480 e. The first-order valence-electron chi connectivity index (χ1n) is 5.90. The number of rotatable bonds is 3. The van der Waals surface area contributed by atoms with Gasteiger partial charge in [-0.1, -0.05) is 36.2 Å². The number of aliphatic carboxylic acids is 1. The van der Waals surface area contributed by atoms with Gasteiger partial charge in [-0.3, -0.25) is 9.69 Å². The van der Waals surface area contributed by atoms with E-state index >= 15 is 0 Å². The first kappa shape index (κ1) is 13.7. The molecule has 1 heterocycles. The number of halogens is 2. The number of benzene rings is 1. The minimum atomic E-state index is -0.759.